The summed E-state index contributed by atoms with van der Waals surface area (Å²) in [5.41, 5.74) is 0.447. The Bertz CT molecular complexity index is 353. The van der Waals surface area contributed by atoms with Crippen molar-refractivity contribution in [1.29, 1.82) is 0 Å². The van der Waals surface area contributed by atoms with Crippen LogP contribution in [0.5, 0.6) is 0 Å². The Labute approximate surface area is 89.6 Å². The molecule has 0 saturated heterocycles. The van der Waals surface area contributed by atoms with Crippen molar-refractivity contribution in [2.75, 3.05) is 0 Å². The van der Waals surface area contributed by atoms with E-state index in [1.807, 2.05) is 22.6 Å². The highest BCUT2D eigenvalue weighted by molar-refractivity contribution is 14.1. The van der Waals surface area contributed by atoms with Crippen LogP contribution in [0.25, 0.3) is 0 Å². The lowest BCUT2D eigenvalue weighted by Crippen LogP contribution is -2.32. The molecule has 1 aromatic heterocycles. The number of aromatic amines is 1. The summed E-state index contributed by atoms with van der Waals surface area (Å²) in [5, 5.41) is 8.95. The summed E-state index contributed by atoms with van der Waals surface area (Å²) in [4.78, 5) is 11.4. The summed E-state index contributed by atoms with van der Waals surface area (Å²) < 4.78 is 0.777. The van der Waals surface area contributed by atoms with Gasteiger partial charge < -0.3 is 5.32 Å². The van der Waals surface area contributed by atoms with Crippen LogP contribution < -0.4 is 5.32 Å². The van der Waals surface area contributed by atoms with Gasteiger partial charge in [0.1, 0.15) is 5.69 Å². The van der Waals surface area contributed by atoms with Crippen molar-refractivity contribution < 1.29 is 4.79 Å². The van der Waals surface area contributed by atoms with Gasteiger partial charge in [0.25, 0.3) is 5.91 Å². The monoisotopic (exact) mass is 289 g/mol. The Morgan fingerprint density at radius 1 is 1.92 bits per heavy atom. The van der Waals surface area contributed by atoms with Crippen molar-refractivity contribution in [3.63, 3.8) is 0 Å². The van der Waals surface area contributed by atoms with E-state index in [0.29, 0.717) is 5.69 Å². The summed E-state index contributed by atoms with van der Waals surface area (Å²) in [6.07, 6.45) is 6.70. The maximum Gasteiger partial charge on any atom is 0.271 e. The minimum Gasteiger partial charge on any atom is -0.337 e. The number of carbonyl (C=O) groups excluding carboxylic acids is 1. The predicted octanol–water partition coefficient (Wildman–Crippen LogP) is 0.766. The van der Waals surface area contributed by atoms with Gasteiger partial charge in [0, 0.05) is 0 Å². The van der Waals surface area contributed by atoms with E-state index in [0.717, 1.165) is 3.57 Å². The SMILES string of the molecule is C#CC(C)NC(=O)c1[nH]ncc1I. The first-order chi connectivity index (χ1) is 6.15. The second-order valence-corrected chi connectivity index (χ2v) is 3.62. The average Bonchev–Trinajstić information content (AvgIpc) is 2.51. The molecule has 0 aliphatic carbocycles. The van der Waals surface area contributed by atoms with Gasteiger partial charge in [-0.3, -0.25) is 9.89 Å². The van der Waals surface area contributed by atoms with Crippen LogP contribution in [-0.2, 0) is 0 Å². The normalized spacial score (nSPS) is 11.8. The van der Waals surface area contributed by atoms with E-state index in [1.54, 1.807) is 13.1 Å². The van der Waals surface area contributed by atoms with E-state index in [-0.39, 0.29) is 11.9 Å². The van der Waals surface area contributed by atoms with Crippen LogP contribution >= 0.6 is 22.6 Å². The van der Waals surface area contributed by atoms with E-state index in [9.17, 15) is 4.79 Å². The number of hydrogen-bond acceptors (Lipinski definition) is 2. The van der Waals surface area contributed by atoms with E-state index in [4.69, 9.17) is 6.42 Å². The number of amides is 1. The Balaban J connectivity index is 2.71. The number of nitrogens with zero attached hydrogens (tertiary/aromatic N) is 1. The predicted molar refractivity (Wildman–Crippen MR) is 57.1 cm³/mol. The fourth-order valence-electron chi connectivity index (χ4n) is 0.741. The molecule has 0 saturated carbocycles. The Kier molecular flexibility index (Phi) is 3.31. The second kappa shape index (κ2) is 4.28. The first-order valence-electron chi connectivity index (χ1n) is 3.61. The molecule has 0 radical (unpaired) electrons. The Morgan fingerprint density at radius 2 is 2.62 bits per heavy atom. The van der Waals surface area contributed by atoms with Crippen LogP contribution in [0, 0.1) is 15.9 Å². The molecule has 2 N–H and O–H groups in total. The van der Waals surface area contributed by atoms with Gasteiger partial charge in [-0.1, -0.05) is 5.92 Å². The lowest BCUT2D eigenvalue weighted by molar-refractivity contribution is 0.0942. The van der Waals surface area contributed by atoms with E-state index < -0.39 is 0 Å². The number of aromatic nitrogens is 2. The largest absolute Gasteiger partial charge is 0.337 e. The fraction of sp³-hybridized carbons (Fsp3) is 0.250. The Hall–Kier alpha value is -1.03. The van der Waals surface area contributed by atoms with Crippen LogP contribution in [0.2, 0.25) is 0 Å². The summed E-state index contributed by atoms with van der Waals surface area (Å²) in [5.74, 6) is 2.18. The van der Waals surface area contributed by atoms with Gasteiger partial charge in [-0.2, -0.15) is 5.10 Å². The topological polar surface area (TPSA) is 57.8 Å². The van der Waals surface area contributed by atoms with Gasteiger partial charge in [0.05, 0.1) is 15.8 Å². The number of rotatable bonds is 2. The zero-order chi connectivity index (χ0) is 9.84. The zero-order valence-electron chi connectivity index (χ0n) is 6.97. The molecule has 13 heavy (non-hydrogen) atoms. The van der Waals surface area contributed by atoms with Crippen LogP contribution in [0.15, 0.2) is 6.20 Å². The van der Waals surface area contributed by atoms with Gasteiger partial charge in [0.15, 0.2) is 0 Å². The van der Waals surface area contributed by atoms with Crippen LogP contribution in [0.1, 0.15) is 17.4 Å². The van der Waals surface area contributed by atoms with Crippen molar-refractivity contribution in [2.24, 2.45) is 0 Å². The first-order valence-corrected chi connectivity index (χ1v) is 4.69. The molecule has 1 unspecified atom stereocenters. The first kappa shape index (κ1) is 10.1. The summed E-state index contributed by atoms with van der Waals surface area (Å²) in [6, 6.07) is -0.272. The minimum absolute atomic E-state index is 0.229. The van der Waals surface area contributed by atoms with Gasteiger partial charge >= 0.3 is 0 Å². The van der Waals surface area contributed by atoms with Gasteiger partial charge in [-0.15, -0.1) is 6.42 Å². The lowest BCUT2D eigenvalue weighted by Gasteiger charge is -2.05. The highest BCUT2D eigenvalue weighted by atomic mass is 127. The number of halogens is 1. The third-order valence-electron chi connectivity index (χ3n) is 1.42. The number of terminal acetylenes is 1. The number of nitrogens with one attached hydrogen (secondary N) is 2. The standard InChI is InChI=1S/C8H8IN3O/c1-3-5(2)11-8(13)7-6(9)4-10-12-7/h1,4-5H,2H3,(H,10,12)(H,11,13). The minimum atomic E-state index is -0.272. The molecule has 1 amide bonds. The van der Waals surface area contributed by atoms with Crippen molar-refractivity contribution >= 4 is 28.5 Å². The molecule has 4 nitrogen and oxygen atoms in total. The highest BCUT2D eigenvalue weighted by Gasteiger charge is 2.12. The van der Waals surface area contributed by atoms with Crippen LogP contribution in [0.3, 0.4) is 0 Å². The molecule has 0 aromatic carbocycles. The van der Waals surface area contributed by atoms with Crippen molar-refractivity contribution in [1.82, 2.24) is 15.5 Å². The molecule has 0 bridgehead atoms. The molecule has 0 spiro atoms. The number of carbonyl (C=O) groups is 1. The Morgan fingerprint density at radius 3 is 3.08 bits per heavy atom. The molecule has 68 valence electrons. The number of H-pyrrole nitrogens is 1. The smallest absolute Gasteiger partial charge is 0.271 e. The molecule has 0 aliphatic rings. The molecule has 0 fully saturated rings. The molecular weight excluding hydrogens is 281 g/mol. The third kappa shape index (κ3) is 2.45. The molecule has 5 heteroatoms. The lowest BCUT2D eigenvalue weighted by atomic mass is 10.3. The molecule has 1 heterocycles. The van der Waals surface area contributed by atoms with E-state index >= 15 is 0 Å². The average molecular weight is 289 g/mol. The van der Waals surface area contributed by atoms with Gasteiger partial charge in [-0.05, 0) is 29.5 Å². The van der Waals surface area contributed by atoms with Gasteiger partial charge in [-0.25, -0.2) is 0 Å². The summed E-state index contributed by atoms with van der Waals surface area (Å²) in [7, 11) is 0. The summed E-state index contributed by atoms with van der Waals surface area (Å²) in [6.45, 7) is 1.74. The number of hydrogen-bond donors (Lipinski definition) is 2. The maximum atomic E-state index is 11.4. The van der Waals surface area contributed by atoms with Gasteiger partial charge in [0.2, 0.25) is 0 Å². The van der Waals surface area contributed by atoms with Crippen molar-refractivity contribution in [2.45, 2.75) is 13.0 Å². The quantitative estimate of drug-likeness (QED) is 0.624. The van der Waals surface area contributed by atoms with E-state index in [1.165, 1.54) is 0 Å². The second-order valence-electron chi connectivity index (χ2n) is 2.45. The molecule has 0 aliphatic heterocycles. The van der Waals surface area contributed by atoms with Crippen molar-refractivity contribution in [3.05, 3.63) is 15.5 Å². The molecule has 1 rings (SSSR count). The highest BCUT2D eigenvalue weighted by Crippen LogP contribution is 2.07. The summed E-state index contributed by atoms with van der Waals surface area (Å²) >= 11 is 2.02. The van der Waals surface area contributed by atoms with Crippen LogP contribution in [0.4, 0.5) is 0 Å². The van der Waals surface area contributed by atoms with E-state index in [2.05, 4.69) is 21.4 Å². The van der Waals surface area contributed by atoms with Crippen LogP contribution in [-0.4, -0.2) is 22.1 Å². The third-order valence-corrected chi connectivity index (χ3v) is 2.24. The molecular formula is C8H8IN3O. The zero-order valence-corrected chi connectivity index (χ0v) is 9.12. The maximum absolute atomic E-state index is 11.4. The van der Waals surface area contributed by atoms with Crippen molar-refractivity contribution in [3.8, 4) is 12.3 Å². The fourth-order valence-corrected chi connectivity index (χ4v) is 1.25. The molecule has 1 aromatic rings. The molecule has 1 atom stereocenters.